The van der Waals surface area contributed by atoms with Crippen LogP contribution in [0.5, 0.6) is 5.75 Å². The number of rotatable bonds is 5. The van der Waals surface area contributed by atoms with Crippen LogP contribution in [0.2, 0.25) is 0 Å². The SMILES string of the molecule is c1cncc(OCC[C@H]2CN(C3CCCC3)Cc3ccnn32)c1. The lowest BCUT2D eigenvalue weighted by Crippen LogP contribution is -2.43. The first-order valence-electron chi connectivity index (χ1n) is 8.69. The third kappa shape index (κ3) is 3.24. The number of nitrogens with zero attached hydrogens (tertiary/aromatic N) is 4. The normalized spacial score (nSPS) is 22.2. The summed E-state index contributed by atoms with van der Waals surface area (Å²) in [6.07, 6.45) is 11.9. The molecule has 0 unspecified atom stereocenters. The second-order valence-corrected chi connectivity index (χ2v) is 6.61. The van der Waals surface area contributed by atoms with E-state index in [1.54, 1.807) is 12.4 Å². The summed E-state index contributed by atoms with van der Waals surface area (Å²) >= 11 is 0. The van der Waals surface area contributed by atoms with Crippen molar-refractivity contribution in [3.05, 3.63) is 42.5 Å². The van der Waals surface area contributed by atoms with E-state index < -0.39 is 0 Å². The second-order valence-electron chi connectivity index (χ2n) is 6.61. The van der Waals surface area contributed by atoms with Crippen molar-refractivity contribution in [3.63, 3.8) is 0 Å². The van der Waals surface area contributed by atoms with Crippen LogP contribution in [0.15, 0.2) is 36.8 Å². The Morgan fingerprint density at radius 3 is 2.91 bits per heavy atom. The van der Waals surface area contributed by atoms with E-state index in [-0.39, 0.29) is 0 Å². The maximum atomic E-state index is 5.84. The maximum absolute atomic E-state index is 5.84. The minimum Gasteiger partial charge on any atom is -0.492 e. The zero-order valence-electron chi connectivity index (χ0n) is 13.5. The molecule has 0 N–H and O–H groups in total. The van der Waals surface area contributed by atoms with Gasteiger partial charge >= 0.3 is 0 Å². The van der Waals surface area contributed by atoms with Crippen LogP contribution in [0.25, 0.3) is 0 Å². The standard InChI is InChI=1S/C18H24N4O/c1-2-5-15(4-1)21-13-16-7-10-20-22(16)17(14-21)8-11-23-18-6-3-9-19-12-18/h3,6-7,9-10,12,15,17H,1-2,4-5,8,11,13-14H2/t17-/m0/s1. The minimum absolute atomic E-state index is 0.408. The highest BCUT2D eigenvalue weighted by Gasteiger charge is 2.31. The summed E-state index contributed by atoms with van der Waals surface area (Å²) in [5.74, 6) is 0.844. The summed E-state index contributed by atoms with van der Waals surface area (Å²) < 4.78 is 8.05. The molecule has 4 rings (SSSR count). The molecular weight excluding hydrogens is 288 g/mol. The molecule has 0 bridgehead atoms. The molecule has 1 aliphatic carbocycles. The lowest BCUT2D eigenvalue weighted by Gasteiger charge is -2.37. The zero-order valence-corrected chi connectivity index (χ0v) is 13.5. The van der Waals surface area contributed by atoms with E-state index in [1.807, 2.05) is 18.3 Å². The molecule has 3 heterocycles. The van der Waals surface area contributed by atoms with Gasteiger partial charge in [-0.15, -0.1) is 0 Å². The van der Waals surface area contributed by atoms with Crippen molar-refractivity contribution in [2.75, 3.05) is 13.2 Å². The number of fused-ring (bicyclic) bond motifs is 1. The predicted octanol–water partition coefficient (Wildman–Crippen LogP) is 3.05. The molecule has 0 radical (unpaired) electrons. The minimum atomic E-state index is 0.408. The van der Waals surface area contributed by atoms with Gasteiger partial charge in [-0.2, -0.15) is 5.10 Å². The smallest absolute Gasteiger partial charge is 0.137 e. The Morgan fingerprint density at radius 1 is 1.17 bits per heavy atom. The molecule has 5 nitrogen and oxygen atoms in total. The van der Waals surface area contributed by atoms with Crippen molar-refractivity contribution in [1.29, 1.82) is 0 Å². The summed E-state index contributed by atoms with van der Waals surface area (Å²) in [6.45, 7) is 2.84. The fraction of sp³-hybridized carbons (Fsp3) is 0.556. The van der Waals surface area contributed by atoms with Crippen LogP contribution in [0, 0.1) is 0 Å². The van der Waals surface area contributed by atoms with Crippen LogP contribution in [0.3, 0.4) is 0 Å². The molecule has 0 amide bonds. The van der Waals surface area contributed by atoms with Gasteiger partial charge in [-0.25, -0.2) is 0 Å². The quantitative estimate of drug-likeness (QED) is 0.851. The largest absolute Gasteiger partial charge is 0.492 e. The Morgan fingerprint density at radius 2 is 2.09 bits per heavy atom. The first-order chi connectivity index (χ1) is 11.4. The van der Waals surface area contributed by atoms with Crippen LogP contribution in [-0.4, -0.2) is 38.9 Å². The molecule has 0 aromatic carbocycles. The molecule has 1 atom stereocenters. The Kier molecular flexibility index (Phi) is 4.28. The van der Waals surface area contributed by atoms with E-state index in [0.717, 1.165) is 31.3 Å². The van der Waals surface area contributed by atoms with E-state index in [1.165, 1.54) is 31.4 Å². The molecule has 0 saturated heterocycles. The van der Waals surface area contributed by atoms with Gasteiger partial charge in [-0.05, 0) is 31.0 Å². The molecule has 1 saturated carbocycles. The molecule has 2 aromatic heterocycles. The highest BCUT2D eigenvalue weighted by molar-refractivity contribution is 5.15. The molecule has 1 fully saturated rings. The first-order valence-corrected chi connectivity index (χ1v) is 8.69. The summed E-state index contributed by atoms with van der Waals surface area (Å²) in [4.78, 5) is 6.76. The van der Waals surface area contributed by atoms with Gasteiger partial charge in [-0.3, -0.25) is 14.6 Å². The molecule has 1 aliphatic heterocycles. The van der Waals surface area contributed by atoms with Crippen LogP contribution in [0.4, 0.5) is 0 Å². The van der Waals surface area contributed by atoms with Crippen molar-refractivity contribution in [2.45, 2.75) is 50.7 Å². The number of ether oxygens (including phenoxy) is 1. The van der Waals surface area contributed by atoms with Crippen LogP contribution >= 0.6 is 0 Å². The molecular formula is C18H24N4O. The maximum Gasteiger partial charge on any atom is 0.137 e. The number of hydrogen-bond acceptors (Lipinski definition) is 4. The Labute approximate surface area is 137 Å². The lowest BCUT2D eigenvalue weighted by atomic mass is 10.1. The van der Waals surface area contributed by atoms with E-state index in [9.17, 15) is 0 Å². The van der Waals surface area contributed by atoms with Crippen molar-refractivity contribution >= 4 is 0 Å². The fourth-order valence-corrected chi connectivity index (χ4v) is 3.92. The molecule has 2 aromatic rings. The Balaban J connectivity index is 1.40. The molecule has 0 spiro atoms. The van der Waals surface area contributed by atoms with Crippen LogP contribution < -0.4 is 4.74 Å². The van der Waals surface area contributed by atoms with Crippen molar-refractivity contribution in [1.82, 2.24) is 19.7 Å². The third-order valence-electron chi connectivity index (χ3n) is 5.10. The lowest BCUT2D eigenvalue weighted by molar-refractivity contribution is 0.112. The van der Waals surface area contributed by atoms with Crippen molar-refractivity contribution in [3.8, 4) is 5.75 Å². The summed E-state index contributed by atoms with van der Waals surface area (Å²) in [6, 6.07) is 7.20. The molecule has 2 aliphatic rings. The van der Waals surface area contributed by atoms with E-state index >= 15 is 0 Å². The first kappa shape index (κ1) is 14.7. The van der Waals surface area contributed by atoms with Gasteiger partial charge < -0.3 is 4.74 Å². The van der Waals surface area contributed by atoms with E-state index in [2.05, 4.69) is 25.7 Å². The van der Waals surface area contributed by atoms with Gasteiger partial charge in [0.1, 0.15) is 5.75 Å². The Hall–Kier alpha value is -1.88. The van der Waals surface area contributed by atoms with E-state index in [4.69, 9.17) is 4.74 Å². The summed E-state index contributed by atoms with van der Waals surface area (Å²) in [5, 5.41) is 4.55. The van der Waals surface area contributed by atoms with Gasteiger partial charge in [-0.1, -0.05) is 12.8 Å². The second kappa shape index (κ2) is 6.71. The predicted molar refractivity (Wildman–Crippen MR) is 88.3 cm³/mol. The average molecular weight is 312 g/mol. The summed E-state index contributed by atoms with van der Waals surface area (Å²) in [7, 11) is 0. The molecule has 23 heavy (non-hydrogen) atoms. The van der Waals surface area contributed by atoms with Crippen molar-refractivity contribution in [2.24, 2.45) is 0 Å². The highest BCUT2D eigenvalue weighted by Crippen LogP contribution is 2.30. The van der Waals surface area contributed by atoms with Gasteiger partial charge in [0.05, 0.1) is 24.5 Å². The molecule has 5 heteroatoms. The monoisotopic (exact) mass is 312 g/mol. The van der Waals surface area contributed by atoms with Gasteiger partial charge in [0.2, 0.25) is 0 Å². The number of hydrogen-bond donors (Lipinski definition) is 0. The van der Waals surface area contributed by atoms with Crippen LogP contribution in [-0.2, 0) is 6.54 Å². The average Bonchev–Trinajstić information content (AvgIpc) is 3.27. The number of pyridine rings is 1. The van der Waals surface area contributed by atoms with Gasteiger partial charge in [0, 0.05) is 37.9 Å². The van der Waals surface area contributed by atoms with E-state index in [0.29, 0.717) is 12.6 Å². The highest BCUT2D eigenvalue weighted by atomic mass is 16.5. The topological polar surface area (TPSA) is 43.2 Å². The van der Waals surface area contributed by atoms with Gasteiger partial charge in [0.25, 0.3) is 0 Å². The third-order valence-corrected chi connectivity index (χ3v) is 5.10. The molecule has 122 valence electrons. The van der Waals surface area contributed by atoms with Crippen LogP contribution in [0.1, 0.15) is 43.8 Å². The zero-order chi connectivity index (χ0) is 15.5. The van der Waals surface area contributed by atoms with Crippen molar-refractivity contribution < 1.29 is 4.74 Å². The fourth-order valence-electron chi connectivity index (χ4n) is 3.92. The van der Waals surface area contributed by atoms with Gasteiger partial charge in [0.15, 0.2) is 0 Å². The Bertz CT molecular complexity index is 621. The summed E-state index contributed by atoms with van der Waals surface area (Å²) in [5.41, 5.74) is 1.34. The number of aromatic nitrogens is 3.